The van der Waals surface area contributed by atoms with E-state index in [4.69, 9.17) is 5.73 Å². The molecule has 0 aromatic carbocycles. The molecule has 1 aliphatic carbocycles. The average molecular weight is 289 g/mol. The van der Waals surface area contributed by atoms with E-state index in [-0.39, 0.29) is 5.91 Å². The first-order chi connectivity index (χ1) is 10.0. The summed E-state index contributed by atoms with van der Waals surface area (Å²) in [4.78, 5) is 15.6. The Bertz CT molecular complexity index is 515. The maximum Gasteiger partial charge on any atom is 0.273 e. The van der Waals surface area contributed by atoms with Crippen molar-refractivity contribution in [2.45, 2.75) is 25.3 Å². The number of hydrogen-bond donors (Lipinski definition) is 1. The first-order valence-corrected chi connectivity index (χ1v) is 7.60. The fourth-order valence-electron chi connectivity index (χ4n) is 3.49. The van der Waals surface area contributed by atoms with Crippen LogP contribution in [0.3, 0.4) is 0 Å². The lowest BCUT2D eigenvalue weighted by atomic mass is 9.79. The van der Waals surface area contributed by atoms with Crippen molar-refractivity contribution in [2.24, 2.45) is 17.6 Å². The molecule has 1 saturated carbocycles. The minimum absolute atomic E-state index is 0.116. The van der Waals surface area contributed by atoms with Crippen LogP contribution in [0.2, 0.25) is 0 Å². The Hall–Kier alpha value is -1.69. The molecule has 0 radical (unpaired) electrons. The summed E-state index contributed by atoms with van der Waals surface area (Å²) in [6.07, 6.45) is 3.47. The van der Waals surface area contributed by atoms with Crippen LogP contribution in [0.5, 0.6) is 0 Å². The number of anilines is 1. The monoisotopic (exact) mass is 289 g/mol. The molecule has 1 aromatic heterocycles. The molecule has 6 nitrogen and oxygen atoms in total. The number of nitrogens with two attached hydrogens (primary N) is 1. The van der Waals surface area contributed by atoms with Crippen LogP contribution in [0.1, 0.15) is 29.8 Å². The van der Waals surface area contributed by atoms with E-state index in [1.165, 1.54) is 11.3 Å². The van der Waals surface area contributed by atoms with Crippen molar-refractivity contribution in [1.82, 2.24) is 15.1 Å². The van der Waals surface area contributed by atoms with Crippen molar-refractivity contribution in [3.63, 3.8) is 0 Å². The maximum atomic E-state index is 11.8. The topological polar surface area (TPSA) is 75.4 Å². The number of carbonyl (C=O) groups is 1. The highest BCUT2D eigenvalue weighted by molar-refractivity contribution is 5.91. The minimum atomic E-state index is -0.116. The second kappa shape index (κ2) is 5.60. The van der Waals surface area contributed by atoms with Crippen LogP contribution in [0, 0.1) is 11.8 Å². The van der Waals surface area contributed by atoms with Crippen LogP contribution in [0.15, 0.2) is 12.1 Å². The van der Waals surface area contributed by atoms with Gasteiger partial charge in [-0.1, -0.05) is 0 Å². The summed E-state index contributed by atoms with van der Waals surface area (Å²) in [5.74, 6) is 2.16. The molecule has 2 N–H and O–H groups in total. The molecule has 1 unspecified atom stereocenters. The molecular weight excluding hydrogens is 266 g/mol. The molecule has 21 heavy (non-hydrogen) atoms. The van der Waals surface area contributed by atoms with Crippen LogP contribution in [0.4, 0.5) is 5.82 Å². The smallest absolute Gasteiger partial charge is 0.273 e. The van der Waals surface area contributed by atoms with E-state index in [0.29, 0.717) is 17.7 Å². The number of rotatable bonds is 2. The van der Waals surface area contributed by atoms with E-state index in [2.05, 4.69) is 15.1 Å². The predicted octanol–water partition coefficient (Wildman–Crippen LogP) is 0.742. The molecule has 1 saturated heterocycles. The van der Waals surface area contributed by atoms with Crippen LogP contribution < -0.4 is 10.6 Å². The molecule has 3 atom stereocenters. The summed E-state index contributed by atoms with van der Waals surface area (Å²) in [5, 5.41) is 8.31. The summed E-state index contributed by atoms with van der Waals surface area (Å²) in [5.41, 5.74) is 6.46. The molecule has 0 bridgehead atoms. The van der Waals surface area contributed by atoms with Gasteiger partial charge in [-0.25, -0.2) is 0 Å². The zero-order valence-electron chi connectivity index (χ0n) is 12.7. The number of nitrogens with zero attached hydrogens (tertiary/aromatic N) is 4. The first kappa shape index (κ1) is 14.3. The Morgan fingerprint density at radius 1 is 1.24 bits per heavy atom. The van der Waals surface area contributed by atoms with Crippen molar-refractivity contribution >= 4 is 11.7 Å². The number of amides is 1. The van der Waals surface area contributed by atoms with Crippen molar-refractivity contribution in [3.05, 3.63) is 17.8 Å². The Kier molecular flexibility index (Phi) is 3.80. The van der Waals surface area contributed by atoms with Crippen molar-refractivity contribution in [3.8, 4) is 0 Å². The highest BCUT2D eigenvalue weighted by Crippen LogP contribution is 2.37. The van der Waals surface area contributed by atoms with Gasteiger partial charge >= 0.3 is 0 Å². The summed E-state index contributed by atoms with van der Waals surface area (Å²) >= 11 is 0. The third kappa shape index (κ3) is 2.85. The molecule has 1 aromatic rings. The Morgan fingerprint density at radius 2 is 2.00 bits per heavy atom. The van der Waals surface area contributed by atoms with Gasteiger partial charge in [-0.3, -0.25) is 4.79 Å². The fourth-order valence-corrected chi connectivity index (χ4v) is 3.49. The van der Waals surface area contributed by atoms with Crippen LogP contribution in [-0.4, -0.2) is 54.2 Å². The minimum Gasteiger partial charge on any atom is -0.355 e. The molecule has 6 heteroatoms. The van der Waals surface area contributed by atoms with Gasteiger partial charge in [0.15, 0.2) is 11.5 Å². The summed E-state index contributed by atoms with van der Waals surface area (Å²) in [7, 11) is 3.43. The number of hydrogen-bond acceptors (Lipinski definition) is 5. The van der Waals surface area contributed by atoms with Crippen molar-refractivity contribution in [2.75, 3.05) is 32.1 Å². The van der Waals surface area contributed by atoms with Gasteiger partial charge in [-0.2, -0.15) is 0 Å². The second-order valence-corrected chi connectivity index (χ2v) is 6.47. The lowest BCUT2D eigenvalue weighted by Crippen LogP contribution is -2.32. The zero-order valence-corrected chi connectivity index (χ0v) is 12.7. The highest BCUT2D eigenvalue weighted by Gasteiger charge is 2.37. The van der Waals surface area contributed by atoms with Gasteiger partial charge in [0.2, 0.25) is 0 Å². The fraction of sp³-hybridized carbons (Fsp3) is 0.667. The molecular formula is C15H23N5O. The Morgan fingerprint density at radius 3 is 2.67 bits per heavy atom. The van der Waals surface area contributed by atoms with Gasteiger partial charge in [-0.15, -0.1) is 10.2 Å². The normalized spacial score (nSPS) is 28.3. The third-order valence-corrected chi connectivity index (χ3v) is 4.69. The lowest BCUT2D eigenvalue weighted by molar-refractivity contribution is 0.0821. The van der Waals surface area contributed by atoms with Crippen LogP contribution >= 0.6 is 0 Å². The van der Waals surface area contributed by atoms with Gasteiger partial charge in [0, 0.05) is 33.2 Å². The molecule has 2 aliphatic rings. The Balaban J connectivity index is 1.69. The van der Waals surface area contributed by atoms with E-state index in [0.717, 1.165) is 37.7 Å². The van der Waals surface area contributed by atoms with Gasteiger partial charge in [0.1, 0.15) is 0 Å². The first-order valence-electron chi connectivity index (χ1n) is 7.60. The van der Waals surface area contributed by atoms with E-state index >= 15 is 0 Å². The lowest BCUT2D eigenvalue weighted by Gasteiger charge is -2.27. The highest BCUT2D eigenvalue weighted by atomic mass is 16.2. The number of aromatic nitrogens is 2. The molecule has 2 heterocycles. The third-order valence-electron chi connectivity index (χ3n) is 4.69. The van der Waals surface area contributed by atoms with Crippen LogP contribution in [-0.2, 0) is 0 Å². The van der Waals surface area contributed by atoms with Crippen LogP contribution in [0.25, 0.3) is 0 Å². The molecule has 1 amide bonds. The van der Waals surface area contributed by atoms with Gasteiger partial charge in [0.25, 0.3) is 5.91 Å². The number of fused-ring (bicyclic) bond motifs is 1. The standard InChI is InChI=1S/C15H23N5O/c1-19(2)15(21)13-5-6-14(18-17-13)20-8-10-3-4-12(16)7-11(10)9-20/h5-6,10-12H,3-4,7-9,16H2,1-2H3/t10-,11+,12?/m1/s1. The summed E-state index contributed by atoms with van der Waals surface area (Å²) < 4.78 is 0. The summed E-state index contributed by atoms with van der Waals surface area (Å²) in [6, 6.07) is 4.02. The van der Waals surface area contributed by atoms with Crippen molar-refractivity contribution < 1.29 is 4.79 Å². The van der Waals surface area contributed by atoms with Gasteiger partial charge < -0.3 is 15.5 Å². The molecule has 3 rings (SSSR count). The largest absolute Gasteiger partial charge is 0.355 e. The quantitative estimate of drug-likeness (QED) is 0.869. The van der Waals surface area contributed by atoms with Gasteiger partial charge in [-0.05, 0) is 43.2 Å². The van der Waals surface area contributed by atoms with E-state index < -0.39 is 0 Å². The van der Waals surface area contributed by atoms with Crippen molar-refractivity contribution in [1.29, 1.82) is 0 Å². The second-order valence-electron chi connectivity index (χ2n) is 6.47. The summed E-state index contributed by atoms with van der Waals surface area (Å²) in [6.45, 7) is 2.04. The van der Waals surface area contributed by atoms with Gasteiger partial charge in [0.05, 0.1) is 0 Å². The predicted molar refractivity (Wildman–Crippen MR) is 81.1 cm³/mol. The average Bonchev–Trinajstić information content (AvgIpc) is 2.89. The number of carbonyl (C=O) groups excluding carboxylic acids is 1. The SMILES string of the molecule is CN(C)C(=O)c1ccc(N2C[C@H]3CCC(N)C[C@H]3C2)nn1. The van der Waals surface area contributed by atoms with E-state index in [1.54, 1.807) is 20.2 Å². The molecule has 1 aliphatic heterocycles. The molecule has 2 fully saturated rings. The van der Waals surface area contributed by atoms with E-state index in [1.807, 2.05) is 6.07 Å². The Labute approximate surface area is 125 Å². The zero-order chi connectivity index (χ0) is 15.0. The van der Waals surface area contributed by atoms with E-state index in [9.17, 15) is 4.79 Å². The molecule has 114 valence electrons. The maximum absolute atomic E-state index is 11.8. The molecule has 0 spiro atoms.